The molecule has 214 valence electrons. The molecule has 1 saturated carbocycles. The maximum absolute atomic E-state index is 13.4. The van der Waals surface area contributed by atoms with Crippen LogP contribution in [0.3, 0.4) is 0 Å². The van der Waals surface area contributed by atoms with Crippen LogP contribution in [0.1, 0.15) is 59.0 Å². The van der Waals surface area contributed by atoms with E-state index in [1.54, 1.807) is 19.0 Å². The van der Waals surface area contributed by atoms with Gasteiger partial charge in [0, 0.05) is 58.7 Å². The summed E-state index contributed by atoms with van der Waals surface area (Å²) in [5.41, 5.74) is 3.20. The molecule has 5 rings (SSSR count). The summed E-state index contributed by atoms with van der Waals surface area (Å²) in [6, 6.07) is 10.0. The van der Waals surface area contributed by atoms with E-state index in [0.717, 1.165) is 75.4 Å². The summed E-state index contributed by atoms with van der Waals surface area (Å²) >= 11 is 0. The molecule has 2 saturated heterocycles. The Morgan fingerprint density at radius 1 is 0.950 bits per heavy atom. The van der Waals surface area contributed by atoms with Gasteiger partial charge in [0.2, 0.25) is 11.8 Å². The van der Waals surface area contributed by atoms with E-state index in [1.165, 1.54) is 6.33 Å². The molecule has 1 aliphatic carbocycles. The van der Waals surface area contributed by atoms with Crippen LogP contribution < -0.4 is 5.32 Å². The molecule has 3 amide bonds. The van der Waals surface area contributed by atoms with Crippen molar-refractivity contribution < 1.29 is 14.4 Å². The topological polar surface area (TPSA) is 98.7 Å². The molecule has 1 N–H and O–H groups in total. The first-order valence-electron chi connectivity index (χ1n) is 14.6. The summed E-state index contributed by atoms with van der Waals surface area (Å²) in [5.74, 6) is 0.500. The predicted octanol–water partition coefficient (Wildman–Crippen LogP) is 2.85. The molecule has 3 fully saturated rings. The van der Waals surface area contributed by atoms with Crippen LogP contribution in [0.25, 0.3) is 0 Å². The van der Waals surface area contributed by atoms with Gasteiger partial charge in [-0.25, -0.2) is 9.97 Å². The number of aromatic nitrogens is 2. The third-order valence-electron chi connectivity index (χ3n) is 9.15. The molecule has 1 aromatic carbocycles. The van der Waals surface area contributed by atoms with Crippen molar-refractivity contribution in [2.45, 2.75) is 45.6 Å². The molecule has 3 heterocycles. The van der Waals surface area contributed by atoms with Gasteiger partial charge in [-0.2, -0.15) is 0 Å². The molecule has 0 bridgehead atoms. The first-order chi connectivity index (χ1) is 19.2. The number of fused-ring (bicyclic) bond motifs is 1. The highest BCUT2D eigenvalue weighted by Gasteiger charge is 2.43. The van der Waals surface area contributed by atoms with Crippen molar-refractivity contribution in [2.75, 3.05) is 46.8 Å². The minimum Gasteiger partial charge on any atom is -0.349 e. The molecule has 9 heteroatoms. The van der Waals surface area contributed by atoms with Gasteiger partial charge in [0.1, 0.15) is 6.33 Å². The lowest BCUT2D eigenvalue weighted by Crippen LogP contribution is -2.41. The fourth-order valence-corrected chi connectivity index (χ4v) is 7.00. The SMILES string of the molecule is Cc1ncnc(C)c1C(=O)N1CC2CN(CC[C@@H](NC(=O)[C@H]3CCC[C@H]3C(=O)N(C)C)c3ccccc3)CC2C1. The van der Waals surface area contributed by atoms with Crippen molar-refractivity contribution in [3.05, 3.63) is 59.2 Å². The van der Waals surface area contributed by atoms with Gasteiger partial charge in [0.05, 0.1) is 23.0 Å². The first-order valence-corrected chi connectivity index (χ1v) is 14.6. The molecule has 0 radical (unpaired) electrons. The van der Waals surface area contributed by atoms with E-state index in [4.69, 9.17) is 0 Å². The quantitative estimate of drug-likeness (QED) is 0.547. The van der Waals surface area contributed by atoms with Gasteiger partial charge in [-0.15, -0.1) is 0 Å². The molecule has 1 aromatic heterocycles. The molecular weight excluding hydrogens is 504 g/mol. The van der Waals surface area contributed by atoms with Gasteiger partial charge in [-0.1, -0.05) is 36.8 Å². The van der Waals surface area contributed by atoms with Crippen LogP contribution in [0, 0.1) is 37.5 Å². The average Bonchev–Trinajstić information content (AvgIpc) is 3.66. The minimum atomic E-state index is -0.266. The second-order valence-electron chi connectivity index (χ2n) is 12.0. The lowest BCUT2D eigenvalue weighted by atomic mass is 9.93. The smallest absolute Gasteiger partial charge is 0.257 e. The zero-order chi connectivity index (χ0) is 28.4. The Kier molecular flexibility index (Phi) is 8.49. The molecular formula is C31H42N6O3. The maximum Gasteiger partial charge on any atom is 0.257 e. The third kappa shape index (κ3) is 5.89. The van der Waals surface area contributed by atoms with Crippen LogP contribution >= 0.6 is 0 Å². The number of nitrogens with zero attached hydrogens (tertiary/aromatic N) is 5. The molecule has 40 heavy (non-hydrogen) atoms. The summed E-state index contributed by atoms with van der Waals surface area (Å²) in [6.07, 6.45) is 4.76. The molecule has 0 spiro atoms. The molecule has 9 nitrogen and oxygen atoms in total. The minimum absolute atomic E-state index is 0.00511. The second-order valence-corrected chi connectivity index (χ2v) is 12.0. The number of amides is 3. The standard InChI is InChI=1S/C31H42N6O3/c1-20-28(21(2)33-19-32-20)31(40)37-17-23-15-36(16-24(23)18-37)14-13-27(22-9-6-5-7-10-22)34-29(38)25-11-8-12-26(25)30(39)35(3)4/h5-7,9-10,19,23-27H,8,11-18H2,1-4H3,(H,34,38)/t23?,24?,25-,26+,27+/m0/s1. The second kappa shape index (κ2) is 12.0. The van der Waals surface area contributed by atoms with Crippen molar-refractivity contribution >= 4 is 17.7 Å². The number of rotatable bonds is 8. The lowest BCUT2D eigenvalue weighted by Gasteiger charge is -2.27. The largest absolute Gasteiger partial charge is 0.349 e. The molecule has 2 aliphatic heterocycles. The van der Waals surface area contributed by atoms with E-state index in [9.17, 15) is 14.4 Å². The van der Waals surface area contributed by atoms with Gasteiger partial charge in [-0.3, -0.25) is 14.4 Å². The van der Waals surface area contributed by atoms with E-state index in [2.05, 4.69) is 32.3 Å². The number of aryl methyl sites for hydroxylation is 2. The first kappa shape index (κ1) is 28.2. The summed E-state index contributed by atoms with van der Waals surface area (Å²) in [5, 5.41) is 3.32. The summed E-state index contributed by atoms with van der Waals surface area (Å²) in [4.78, 5) is 53.9. The van der Waals surface area contributed by atoms with E-state index < -0.39 is 0 Å². The highest BCUT2D eigenvalue weighted by Crippen LogP contribution is 2.35. The van der Waals surface area contributed by atoms with Crippen LogP contribution in [0.15, 0.2) is 36.7 Å². The van der Waals surface area contributed by atoms with E-state index in [-0.39, 0.29) is 35.6 Å². The van der Waals surface area contributed by atoms with Crippen LogP contribution in [0.2, 0.25) is 0 Å². The Bertz CT molecular complexity index is 1200. The van der Waals surface area contributed by atoms with Gasteiger partial charge in [0.25, 0.3) is 5.91 Å². The van der Waals surface area contributed by atoms with Crippen LogP contribution in [0.4, 0.5) is 0 Å². The fraction of sp³-hybridized carbons (Fsp3) is 0.581. The number of carbonyl (C=O) groups is 3. The molecule has 3 aliphatic rings. The highest BCUT2D eigenvalue weighted by atomic mass is 16.2. The molecule has 2 aromatic rings. The van der Waals surface area contributed by atoms with Crippen LogP contribution in [-0.4, -0.2) is 89.2 Å². The van der Waals surface area contributed by atoms with Crippen molar-refractivity contribution in [3.8, 4) is 0 Å². The van der Waals surface area contributed by atoms with E-state index in [0.29, 0.717) is 17.4 Å². The van der Waals surface area contributed by atoms with Crippen molar-refractivity contribution in [1.82, 2.24) is 30.0 Å². The Hall–Kier alpha value is -3.33. The summed E-state index contributed by atoms with van der Waals surface area (Å²) in [6.45, 7) is 8.04. The van der Waals surface area contributed by atoms with E-state index >= 15 is 0 Å². The number of benzene rings is 1. The van der Waals surface area contributed by atoms with Crippen molar-refractivity contribution in [1.29, 1.82) is 0 Å². The average molecular weight is 547 g/mol. The fourth-order valence-electron chi connectivity index (χ4n) is 7.00. The summed E-state index contributed by atoms with van der Waals surface area (Å²) in [7, 11) is 3.53. The normalized spacial score (nSPS) is 25.1. The van der Waals surface area contributed by atoms with E-state index in [1.807, 2.05) is 36.9 Å². The monoisotopic (exact) mass is 546 g/mol. The molecule has 5 atom stereocenters. The van der Waals surface area contributed by atoms with Gasteiger partial charge < -0.3 is 20.0 Å². The zero-order valence-electron chi connectivity index (χ0n) is 24.2. The molecule has 2 unspecified atom stereocenters. The van der Waals surface area contributed by atoms with Crippen molar-refractivity contribution in [3.63, 3.8) is 0 Å². The Morgan fingerprint density at radius 2 is 1.57 bits per heavy atom. The number of carbonyl (C=O) groups excluding carboxylic acids is 3. The predicted molar refractivity (Wildman–Crippen MR) is 152 cm³/mol. The number of hydrogen-bond donors (Lipinski definition) is 1. The maximum atomic E-state index is 13.4. The zero-order valence-corrected chi connectivity index (χ0v) is 24.2. The highest BCUT2D eigenvalue weighted by molar-refractivity contribution is 5.96. The Balaban J connectivity index is 1.18. The lowest BCUT2D eigenvalue weighted by molar-refractivity contribution is -0.139. The summed E-state index contributed by atoms with van der Waals surface area (Å²) < 4.78 is 0. The van der Waals surface area contributed by atoms with Gasteiger partial charge in [-0.05, 0) is 50.5 Å². The van der Waals surface area contributed by atoms with Crippen LogP contribution in [-0.2, 0) is 9.59 Å². The number of hydrogen-bond acceptors (Lipinski definition) is 6. The Labute approximate surface area is 237 Å². The van der Waals surface area contributed by atoms with Gasteiger partial charge in [0.15, 0.2) is 0 Å². The number of likely N-dealkylation sites (tertiary alicyclic amines) is 2. The Morgan fingerprint density at radius 3 is 2.20 bits per heavy atom. The third-order valence-corrected chi connectivity index (χ3v) is 9.15. The van der Waals surface area contributed by atoms with Crippen LogP contribution in [0.5, 0.6) is 0 Å². The van der Waals surface area contributed by atoms with Crippen molar-refractivity contribution in [2.24, 2.45) is 23.7 Å². The van der Waals surface area contributed by atoms with Gasteiger partial charge >= 0.3 is 0 Å². The number of nitrogens with one attached hydrogen (secondary N) is 1.